The molecule has 3 saturated heterocycles. The first-order valence-electron chi connectivity index (χ1n) is 10.5. The summed E-state index contributed by atoms with van der Waals surface area (Å²) in [6.07, 6.45) is -3.73. The van der Waals surface area contributed by atoms with E-state index in [0.717, 1.165) is 11.0 Å². The van der Waals surface area contributed by atoms with Gasteiger partial charge < -0.3 is 19.3 Å². The summed E-state index contributed by atoms with van der Waals surface area (Å²) in [6, 6.07) is 6.56. The number of halogens is 3. The highest BCUT2D eigenvalue weighted by Crippen LogP contribution is 2.35. The lowest BCUT2D eigenvalue weighted by Crippen LogP contribution is -2.40. The average Bonchev–Trinajstić information content (AvgIpc) is 3.53. The van der Waals surface area contributed by atoms with Crippen molar-refractivity contribution < 1.29 is 22.6 Å². The molecule has 2 atom stereocenters. The second-order valence-corrected chi connectivity index (χ2v) is 8.09. The Kier molecular flexibility index (Phi) is 4.47. The maximum Gasteiger partial charge on any atom is 0.450 e. The van der Waals surface area contributed by atoms with Crippen molar-refractivity contribution in [3.8, 4) is 5.95 Å². The minimum atomic E-state index is -4.68. The van der Waals surface area contributed by atoms with Gasteiger partial charge in [0.1, 0.15) is 0 Å². The number of nitrogens with zero attached hydrogens (tertiary/aromatic N) is 7. The molecule has 3 aliphatic rings. The maximum absolute atomic E-state index is 13.9. The van der Waals surface area contributed by atoms with Crippen molar-refractivity contribution in [3.63, 3.8) is 0 Å². The third-order valence-corrected chi connectivity index (χ3v) is 6.07. The molecule has 0 amide bonds. The highest BCUT2D eigenvalue weighted by molar-refractivity contribution is 5.77. The quantitative estimate of drug-likeness (QED) is 0.604. The Morgan fingerprint density at radius 3 is 2.41 bits per heavy atom. The highest BCUT2D eigenvalue weighted by Gasteiger charge is 2.42. The molecule has 1 aromatic carbocycles. The Balaban J connectivity index is 1.54. The number of rotatable bonds is 3. The molecule has 0 N–H and O–H groups in total. The van der Waals surface area contributed by atoms with E-state index >= 15 is 0 Å². The zero-order chi connectivity index (χ0) is 21.9. The van der Waals surface area contributed by atoms with E-state index in [1.165, 1.54) is 0 Å². The van der Waals surface area contributed by atoms with E-state index in [1.807, 2.05) is 9.80 Å². The molecule has 5 heterocycles. The van der Waals surface area contributed by atoms with Crippen molar-refractivity contribution in [2.75, 3.05) is 49.3 Å². The van der Waals surface area contributed by atoms with Gasteiger partial charge >= 0.3 is 6.18 Å². The number of morpholine rings is 2. The van der Waals surface area contributed by atoms with Crippen LogP contribution in [0.1, 0.15) is 12.2 Å². The summed E-state index contributed by atoms with van der Waals surface area (Å²) in [7, 11) is 0. The molecule has 2 unspecified atom stereocenters. The van der Waals surface area contributed by atoms with Crippen LogP contribution >= 0.6 is 0 Å². The third-order valence-electron chi connectivity index (χ3n) is 6.07. The maximum atomic E-state index is 13.9. The number of fused-ring (bicyclic) bond motifs is 3. The van der Waals surface area contributed by atoms with Crippen molar-refractivity contribution in [2.45, 2.75) is 24.7 Å². The molecule has 168 valence electrons. The van der Waals surface area contributed by atoms with E-state index in [2.05, 4.69) is 19.9 Å². The molecule has 2 aromatic heterocycles. The predicted octanol–water partition coefficient (Wildman–Crippen LogP) is 2.04. The summed E-state index contributed by atoms with van der Waals surface area (Å²) >= 11 is 0. The second kappa shape index (κ2) is 7.27. The van der Waals surface area contributed by atoms with Crippen molar-refractivity contribution in [1.82, 2.24) is 24.5 Å². The summed E-state index contributed by atoms with van der Waals surface area (Å²) in [5.74, 6) is -0.461. The van der Waals surface area contributed by atoms with Gasteiger partial charge in [-0.05, 0) is 18.6 Å². The Morgan fingerprint density at radius 2 is 1.69 bits per heavy atom. The third kappa shape index (κ3) is 3.25. The zero-order valence-corrected chi connectivity index (χ0v) is 17.0. The average molecular weight is 447 g/mol. The highest BCUT2D eigenvalue weighted by atomic mass is 19.4. The molecule has 0 aliphatic carbocycles. The molecule has 0 spiro atoms. The van der Waals surface area contributed by atoms with Crippen LogP contribution in [0.15, 0.2) is 24.3 Å². The molecule has 3 aromatic rings. The summed E-state index contributed by atoms with van der Waals surface area (Å²) in [5.41, 5.74) is 0.513. The number of para-hydroxylation sites is 2. The molecular formula is C20H20F3N7O2. The minimum absolute atomic E-state index is 0.0897. The smallest absolute Gasteiger partial charge is 0.378 e. The van der Waals surface area contributed by atoms with Gasteiger partial charge in [-0.3, -0.25) is 4.57 Å². The lowest BCUT2D eigenvalue weighted by Gasteiger charge is -2.30. The van der Waals surface area contributed by atoms with Gasteiger partial charge in [0.05, 0.1) is 43.0 Å². The molecule has 12 heteroatoms. The number of hydrogen-bond acceptors (Lipinski definition) is 8. The molecule has 0 radical (unpaired) electrons. The SMILES string of the molecule is FC(F)(F)c1nc2ccccc2n1-c1nc(N2CCOCC2)nc(N2CC3CC2CO3)n1. The molecule has 2 bridgehead atoms. The summed E-state index contributed by atoms with van der Waals surface area (Å²) in [4.78, 5) is 21.4. The number of alkyl halides is 3. The molecule has 9 nitrogen and oxygen atoms in total. The number of anilines is 2. The summed E-state index contributed by atoms with van der Waals surface area (Å²) < 4.78 is 53.9. The first-order chi connectivity index (χ1) is 15.5. The second-order valence-electron chi connectivity index (χ2n) is 8.09. The molecule has 6 rings (SSSR count). The number of aromatic nitrogens is 5. The van der Waals surface area contributed by atoms with E-state index in [1.54, 1.807) is 24.3 Å². The number of benzene rings is 1. The van der Waals surface area contributed by atoms with Gasteiger partial charge in [-0.25, -0.2) is 4.98 Å². The fourth-order valence-corrected chi connectivity index (χ4v) is 4.54. The van der Waals surface area contributed by atoms with Crippen LogP contribution in [0.25, 0.3) is 17.0 Å². The van der Waals surface area contributed by atoms with Crippen LogP contribution in [-0.4, -0.2) is 76.1 Å². The van der Waals surface area contributed by atoms with Crippen molar-refractivity contribution >= 4 is 22.9 Å². The molecule has 32 heavy (non-hydrogen) atoms. The molecule has 3 fully saturated rings. The van der Waals surface area contributed by atoms with Crippen molar-refractivity contribution in [1.29, 1.82) is 0 Å². The number of imidazole rings is 1. The van der Waals surface area contributed by atoms with Crippen LogP contribution in [0.3, 0.4) is 0 Å². The van der Waals surface area contributed by atoms with Crippen LogP contribution in [0.4, 0.5) is 25.1 Å². The van der Waals surface area contributed by atoms with Gasteiger partial charge in [-0.2, -0.15) is 28.1 Å². The van der Waals surface area contributed by atoms with Gasteiger partial charge in [0, 0.05) is 19.6 Å². The lowest BCUT2D eigenvalue weighted by atomic mass is 10.2. The van der Waals surface area contributed by atoms with Gasteiger partial charge in [0.15, 0.2) is 0 Å². The molecular weight excluding hydrogens is 427 g/mol. The summed E-state index contributed by atoms with van der Waals surface area (Å²) in [6.45, 7) is 3.26. The number of ether oxygens (including phenoxy) is 2. The van der Waals surface area contributed by atoms with Crippen LogP contribution in [0.2, 0.25) is 0 Å². The molecule has 0 saturated carbocycles. The Hall–Kier alpha value is -2.99. The van der Waals surface area contributed by atoms with Crippen molar-refractivity contribution in [3.05, 3.63) is 30.1 Å². The Bertz CT molecular complexity index is 1160. The normalized spacial score (nSPS) is 23.5. The van der Waals surface area contributed by atoms with E-state index in [4.69, 9.17) is 9.47 Å². The number of hydrogen-bond donors (Lipinski definition) is 0. The van der Waals surface area contributed by atoms with Crippen LogP contribution in [0.5, 0.6) is 0 Å². The van der Waals surface area contributed by atoms with E-state index in [-0.39, 0.29) is 29.1 Å². The predicted molar refractivity (Wildman–Crippen MR) is 108 cm³/mol. The first-order valence-corrected chi connectivity index (χ1v) is 10.5. The van der Waals surface area contributed by atoms with Crippen LogP contribution in [0, 0.1) is 0 Å². The Labute approximate surface area is 180 Å². The Morgan fingerprint density at radius 1 is 0.938 bits per heavy atom. The minimum Gasteiger partial charge on any atom is -0.378 e. The zero-order valence-electron chi connectivity index (χ0n) is 17.0. The largest absolute Gasteiger partial charge is 0.450 e. The van der Waals surface area contributed by atoms with Crippen LogP contribution in [-0.2, 0) is 15.7 Å². The van der Waals surface area contributed by atoms with Gasteiger partial charge in [0.2, 0.25) is 23.7 Å². The fourth-order valence-electron chi connectivity index (χ4n) is 4.54. The molecule has 3 aliphatic heterocycles. The van der Waals surface area contributed by atoms with Gasteiger partial charge in [0.25, 0.3) is 0 Å². The first kappa shape index (κ1) is 19.7. The van der Waals surface area contributed by atoms with Crippen LogP contribution < -0.4 is 9.80 Å². The standard InChI is InChI=1S/C20H20F3N7O2/c21-20(22,23)16-24-14-3-1-2-4-15(14)30(16)19-26-17(28-5-7-31-8-6-28)25-18(27-19)29-10-13-9-12(29)11-32-13/h1-4,12-13H,5-11H2. The van der Waals surface area contributed by atoms with Crippen molar-refractivity contribution in [2.24, 2.45) is 0 Å². The van der Waals surface area contributed by atoms with E-state index in [0.29, 0.717) is 51.4 Å². The van der Waals surface area contributed by atoms with E-state index in [9.17, 15) is 13.2 Å². The van der Waals surface area contributed by atoms with Gasteiger partial charge in [-0.15, -0.1) is 0 Å². The fraction of sp³-hybridized carbons (Fsp3) is 0.500. The van der Waals surface area contributed by atoms with Gasteiger partial charge in [-0.1, -0.05) is 12.1 Å². The topological polar surface area (TPSA) is 81.4 Å². The summed E-state index contributed by atoms with van der Waals surface area (Å²) in [5, 5.41) is 0. The monoisotopic (exact) mass is 447 g/mol. The van der Waals surface area contributed by atoms with E-state index < -0.39 is 12.0 Å². The lowest BCUT2D eigenvalue weighted by molar-refractivity contribution is -0.145.